The van der Waals surface area contributed by atoms with Crippen molar-refractivity contribution in [2.75, 3.05) is 12.3 Å². The highest BCUT2D eigenvalue weighted by Crippen LogP contribution is 2.15. The molecule has 1 heterocycles. The molecule has 0 aromatic heterocycles. The molecule has 0 unspecified atom stereocenters. The lowest BCUT2D eigenvalue weighted by atomic mass is 10.1. The number of amides is 1. The Labute approximate surface area is 103 Å². The van der Waals surface area contributed by atoms with Crippen molar-refractivity contribution in [2.24, 2.45) is 0 Å². The summed E-state index contributed by atoms with van der Waals surface area (Å²) in [6.07, 6.45) is 5.31. The van der Waals surface area contributed by atoms with Gasteiger partial charge in [-0.25, -0.2) is 0 Å². The van der Waals surface area contributed by atoms with E-state index in [2.05, 4.69) is 0 Å². The number of nitrogens with two attached hydrogens (primary N) is 1. The number of anilines is 1. The Morgan fingerprint density at radius 3 is 2.53 bits per heavy atom. The number of carbonyl (C=O) groups excluding carboxylic acids is 1. The third-order valence-corrected chi connectivity index (χ3v) is 3.27. The normalized spacial score (nSPS) is 17.6. The Hall–Kier alpha value is -1.51. The molecule has 1 saturated heterocycles. The Bertz CT molecular complexity index is 372. The zero-order chi connectivity index (χ0) is 12.1. The molecule has 0 saturated carbocycles. The van der Waals surface area contributed by atoms with E-state index in [0.29, 0.717) is 12.3 Å². The summed E-state index contributed by atoms with van der Waals surface area (Å²) in [5, 5.41) is 0. The number of hydrogen-bond donors (Lipinski definition) is 1. The van der Waals surface area contributed by atoms with Crippen LogP contribution >= 0.6 is 0 Å². The number of hydrogen-bond acceptors (Lipinski definition) is 2. The highest BCUT2D eigenvalue weighted by molar-refractivity contribution is 5.76. The smallest absolute Gasteiger partial charge is 0.222 e. The number of likely N-dealkylation sites (tertiary alicyclic amines) is 1. The zero-order valence-electron chi connectivity index (χ0n) is 10.2. The first kappa shape index (κ1) is 12.0. The summed E-state index contributed by atoms with van der Waals surface area (Å²) in [7, 11) is 0. The van der Waals surface area contributed by atoms with Crippen molar-refractivity contribution in [1.82, 2.24) is 4.90 Å². The third kappa shape index (κ3) is 3.48. The standard InChI is InChI=1S/C14H20N2O/c15-13-8-6-12(7-9-13)11-16-10-4-2-1-3-5-14(16)17/h6-9H,1-5,10-11,15H2. The van der Waals surface area contributed by atoms with Crippen LogP contribution in [0.5, 0.6) is 0 Å². The molecule has 1 aliphatic rings. The minimum atomic E-state index is 0.293. The summed E-state index contributed by atoms with van der Waals surface area (Å²) in [5.74, 6) is 0.293. The van der Waals surface area contributed by atoms with Gasteiger partial charge >= 0.3 is 0 Å². The molecule has 2 N–H and O–H groups in total. The van der Waals surface area contributed by atoms with E-state index in [1.807, 2.05) is 29.2 Å². The molecule has 0 spiro atoms. The maximum atomic E-state index is 11.9. The molecule has 1 aromatic carbocycles. The van der Waals surface area contributed by atoms with E-state index in [0.717, 1.165) is 37.2 Å². The van der Waals surface area contributed by atoms with Crippen LogP contribution in [0.3, 0.4) is 0 Å². The van der Waals surface area contributed by atoms with Crippen molar-refractivity contribution in [1.29, 1.82) is 0 Å². The quantitative estimate of drug-likeness (QED) is 0.796. The molecule has 0 radical (unpaired) electrons. The summed E-state index contributed by atoms with van der Waals surface area (Å²) in [5.41, 5.74) is 7.58. The predicted octanol–water partition coefficient (Wildman–Crippen LogP) is 2.56. The van der Waals surface area contributed by atoms with Gasteiger partial charge in [-0.1, -0.05) is 25.0 Å². The van der Waals surface area contributed by atoms with E-state index in [-0.39, 0.29) is 0 Å². The van der Waals surface area contributed by atoms with Gasteiger partial charge in [-0.15, -0.1) is 0 Å². The molecule has 3 heteroatoms. The average Bonchev–Trinajstić information content (AvgIpc) is 2.31. The lowest BCUT2D eigenvalue weighted by molar-refractivity contribution is -0.132. The molecule has 2 rings (SSSR count). The summed E-state index contributed by atoms with van der Waals surface area (Å²) in [4.78, 5) is 13.9. The van der Waals surface area contributed by atoms with Gasteiger partial charge in [0.1, 0.15) is 0 Å². The van der Waals surface area contributed by atoms with Crippen molar-refractivity contribution in [3.8, 4) is 0 Å². The molecule has 0 atom stereocenters. The molecular formula is C14H20N2O. The lowest BCUT2D eigenvalue weighted by Crippen LogP contribution is -2.32. The summed E-state index contributed by atoms with van der Waals surface area (Å²) >= 11 is 0. The molecule has 1 amide bonds. The number of carbonyl (C=O) groups is 1. The maximum absolute atomic E-state index is 11.9. The van der Waals surface area contributed by atoms with E-state index < -0.39 is 0 Å². The number of rotatable bonds is 2. The maximum Gasteiger partial charge on any atom is 0.222 e. The first-order valence-electron chi connectivity index (χ1n) is 6.38. The Morgan fingerprint density at radius 2 is 1.76 bits per heavy atom. The van der Waals surface area contributed by atoms with Gasteiger partial charge in [-0.3, -0.25) is 4.79 Å². The molecule has 0 aliphatic carbocycles. The number of nitrogens with zero attached hydrogens (tertiary/aromatic N) is 1. The minimum Gasteiger partial charge on any atom is -0.399 e. The molecule has 0 bridgehead atoms. The molecule has 92 valence electrons. The van der Waals surface area contributed by atoms with Crippen LogP contribution in [0.4, 0.5) is 5.69 Å². The summed E-state index contributed by atoms with van der Waals surface area (Å²) in [6, 6.07) is 7.79. The highest BCUT2D eigenvalue weighted by atomic mass is 16.2. The van der Waals surface area contributed by atoms with Gasteiger partial charge in [-0.2, -0.15) is 0 Å². The Kier molecular flexibility index (Phi) is 4.02. The first-order chi connectivity index (χ1) is 8.25. The second-order valence-corrected chi connectivity index (χ2v) is 4.72. The van der Waals surface area contributed by atoms with Crippen molar-refractivity contribution in [3.05, 3.63) is 29.8 Å². The molecule has 1 aromatic rings. The average molecular weight is 232 g/mol. The van der Waals surface area contributed by atoms with E-state index in [1.165, 1.54) is 12.8 Å². The summed E-state index contributed by atoms with van der Waals surface area (Å²) < 4.78 is 0. The van der Waals surface area contributed by atoms with Gasteiger partial charge in [0, 0.05) is 25.2 Å². The van der Waals surface area contributed by atoms with Gasteiger partial charge in [-0.05, 0) is 30.5 Å². The van der Waals surface area contributed by atoms with Crippen molar-refractivity contribution in [2.45, 2.75) is 38.6 Å². The fourth-order valence-electron chi connectivity index (χ4n) is 2.23. The van der Waals surface area contributed by atoms with E-state index >= 15 is 0 Å². The van der Waals surface area contributed by atoms with E-state index in [1.54, 1.807) is 0 Å². The summed E-state index contributed by atoms with van der Waals surface area (Å²) in [6.45, 7) is 1.61. The van der Waals surface area contributed by atoms with Crippen LogP contribution in [0.15, 0.2) is 24.3 Å². The number of nitrogen functional groups attached to an aromatic ring is 1. The van der Waals surface area contributed by atoms with Gasteiger partial charge in [0.15, 0.2) is 0 Å². The van der Waals surface area contributed by atoms with E-state index in [4.69, 9.17) is 5.73 Å². The SMILES string of the molecule is Nc1ccc(CN2CCCCCCC2=O)cc1. The van der Waals surface area contributed by atoms with Crippen LogP contribution in [0.2, 0.25) is 0 Å². The highest BCUT2D eigenvalue weighted by Gasteiger charge is 2.15. The van der Waals surface area contributed by atoms with Crippen molar-refractivity contribution in [3.63, 3.8) is 0 Å². The monoisotopic (exact) mass is 232 g/mol. The Balaban J connectivity index is 1.99. The molecule has 3 nitrogen and oxygen atoms in total. The third-order valence-electron chi connectivity index (χ3n) is 3.27. The van der Waals surface area contributed by atoms with Gasteiger partial charge in [0.2, 0.25) is 5.91 Å². The van der Waals surface area contributed by atoms with Crippen LogP contribution < -0.4 is 5.73 Å². The largest absolute Gasteiger partial charge is 0.399 e. The predicted molar refractivity (Wildman–Crippen MR) is 69.4 cm³/mol. The van der Waals surface area contributed by atoms with Gasteiger partial charge in [0.05, 0.1) is 0 Å². The fraction of sp³-hybridized carbons (Fsp3) is 0.500. The van der Waals surface area contributed by atoms with E-state index in [9.17, 15) is 4.79 Å². The van der Waals surface area contributed by atoms with Crippen LogP contribution in [-0.2, 0) is 11.3 Å². The fourth-order valence-corrected chi connectivity index (χ4v) is 2.23. The topological polar surface area (TPSA) is 46.3 Å². The van der Waals surface area contributed by atoms with Crippen LogP contribution in [0.1, 0.15) is 37.7 Å². The van der Waals surface area contributed by atoms with Crippen LogP contribution in [-0.4, -0.2) is 17.4 Å². The Morgan fingerprint density at radius 1 is 1.06 bits per heavy atom. The van der Waals surface area contributed by atoms with Gasteiger partial charge in [0.25, 0.3) is 0 Å². The lowest BCUT2D eigenvalue weighted by Gasteiger charge is -2.25. The number of benzene rings is 1. The molecular weight excluding hydrogens is 212 g/mol. The molecule has 1 aliphatic heterocycles. The zero-order valence-corrected chi connectivity index (χ0v) is 10.2. The molecule has 17 heavy (non-hydrogen) atoms. The minimum absolute atomic E-state index is 0.293. The molecule has 1 fully saturated rings. The first-order valence-corrected chi connectivity index (χ1v) is 6.38. The van der Waals surface area contributed by atoms with Crippen molar-refractivity contribution < 1.29 is 4.79 Å². The second-order valence-electron chi connectivity index (χ2n) is 4.72. The second kappa shape index (κ2) is 5.71. The van der Waals surface area contributed by atoms with Crippen LogP contribution in [0.25, 0.3) is 0 Å². The van der Waals surface area contributed by atoms with Crippen LogP contribution in [0, 0.1) is 0 Å². The van der Waals surface area contributed by atoms with Gasteiger partial charge < -0.3 is 10.6 Å². The van der Waals surface area contributed by atoms with Crippen molar-refractivity contribution >= 4 is 11.6 Å².